The van der Waals surface area contributed by atoms with E-state index in [0.717, 1.165) is 16.5 Å². The Morgan fingerprint density at radius 2 is 1.65 bits per heavy atom. The van der Waals surface area contributed by atoms with Gasteiger partial charge in [-0.3, -0.25) is 9.59 Å². The second-order valence-electron chi connectivity index (χ2n) is 6.41. The fourth-order valence-electron chi connectivity index (χ4n) is 3.28. The Bertz CT molecular complexity index is 957. The highest BCUT2D eigenvalue weighted by Gasteiger charge is 2.24. The molecule has 2 heterocycles. The molecule has 0 unspecified atom stereocenters. The van der Waals surface area contributed by atoms with Gasteiger partial charge in [0.2, 0.25) is 5.91 Å². The molecule has 0 N–H and O–H groups in total. The molecule has 6 heteroatoms. The molecule has 1 aliphatic rings. The number of aromatic nitrogens is 1. The molecule has 0 atom stereocenters. The maximum atomic E-state index is 12.9. The molecular formula is C20H19N3O3. The number of piperazine rings is 1. The molecular weight excluding hydrogens is 330 g/mol. The minimum absolute atomic E-state index is 0.0321. The third kappa shape index (κ3) is 2.94. The average Bonchev–Trinajstić information content (AvgIpc) is 3.11. The summed E-state index contributed by atoms with van der Waals surface area (Å²) in [4.78, 5) is 27.9. The highest BCUT2D eigenvalue weighted by molar-refractivity contribution is 6.01. The van der Waals surface area contributed by atoms with Crippen molar-refractivity contribution in [2.75, 3.05) is 26.2 Å². The van der Waals surface area contributed by atoms with Crippen LogP contribution in [0.15, 0.2) is 53.1 Å². The van der Waals surface area contributed by atoms with Gasteiger partial charge in [0.25, 0.3) is 5.91 Å². The number of nitrogens with zero attached hydrogens (tertiary/aromatic N) is 3. The van der Waals surface area contributed by atoms with Gasteiger partial charge in [-0.1, -0.05) is 35.5 Å². The molecule has 0 aliphatic carbocycles. The first-order chi connectivity index (χ1) is 12.6. The molecule has 0 saturated carbocycles. The molecule has 1 aromatic heterocycles. The molecule has 3 aromatic rings. The van der Waals surface area contributed by atoms with Crippen molar-refractivity contribution in [2.45, 2.75) is 6.92 Å². The highest BCUT2D eigenvalue weighted by atomic mass is 16.5. The van der Waals surface area contributed by atoms with Crippen LogP contribution in [0.1, 0.15) is 17.3 Å². The Kier molecular flexibility index (Phi) is 4.16. The number of hydrogen-bond acceptors (Lipinski definition) is 4. The van der Waals surface area contributed by atoms with Crippen LogP contribution < -0.4 is 0 Å². The van der Waals surface area contributed by atoms with E-state index in [9.17, 15) is 9.59 Å². The largest absolute Gasteiger partial charge is 0.355 e. The van der Waals surface area contributed by atoms with E-state index < -0.39 is 0 Å². The van der Waals surface area contributed by atoms with Crippen LogP contribution in [0.25, 0.3) is 22.2 Å². The van der Waals surface area contributed by atoms with Crippen LogP contribution in [-0.4, -0.2) is 52.9 Å². The monoisotopic (exact) mass is 349 g/mol. The molecule has 2 aromatic carbocycles. The lowest BCUT2D eigenvalue weighted by Crippen LogP contribution is -2.50. The van der Waals surface area contributed by atoms with Gasteiger partial charge in [-0.2, -0.15) is 0 Å². The van der Waals surface area contributed by atoms with Crippen molar-refractivity contribution < 1.29 is 14.1 Å². The maximum Gasteiger partial charge on any atom is 0.254 e. The minimum atomic E-state index is -0.0321. The summed E-state index contributed by atoms with van der Waals surface area (Å²) >= 11 is 0. The van der Waals surface area contributed by atoms with Gasteiger partial charge in [-0.15, -0.1) is 0 Å². The molecule has 1 fully saturated rings. The zero-order valence-electron chi connectivity index (χ0n) is 14.5. The van der Waals surface area contributed by atoms with E-state index in [2.05, 4.69) is 5.16 Å². The van der Waals surface area contributed by atoms with Crippen molar-refractivity contribution in [1.82, 2.24) is 15.0 Å². The van der Waals surface area contributed by atoms with Crippen molar-refractivity contribution in [3.63, 3.8) is 0 Å². The molecule has 26 heavy (non-hydrogen) atoms. The summed E-state index contributed by atoms with van der Waals surface area (Å²) in [5.41, 5.74) is 2.26. The number of amides is 2. The number of carbonyl (C=O) groups excluding carboxylic acids is 2. The molecule has 2 amide bonds. The van der Waals surface area contributed by atoms with E-state index in [1.54, 1.807) is 22.8 Å². The van der Waals surface area contributed by atoms with Gasteiger partial charge in [0, 0.05) is 44.2 Å². The predicted octanol–water partition coefficient (Wildman–Crippen LogP) is 2.80. The van der Waals surface area contributed by atoms with Crippen LogP contribution in [0.5, 0.6) is 0 Å². The Morgan fingerprint density at radius 3 is 2.35 bits per heavy atom. The van der Waals surface area contributed by atoms with Crippen LogP contribution in [0.4, 0.5) is 0 Å². The van der Waals surface area contributed by atoms with Crippen LogP contribution in [-0.2, 0) is 4.79 Å². The van der Waals surface area contributed by atoms with Gasteiger partial charge >= 0.3 is 0 Å². The first kappa shape index (κ1) is 16.3. The summed E-state index contributed by atoms with van der Waals surface area (Å²) in [5.74, 6) is 0.683. The maximum absolute atomic E-state index is 12.9. The van der Waals surface area contributed by atoms with E-state index in [4.69, 9.17) is 4.52 Å². The summed E-state index contributed by atoms with van der Waals surface area (Å²) in [6.45, 7) is 3.80. The highest BCUT2D eigenvalue weighted by Crippen LogP contribution is 2.29. The zero-order chi connectivity index (χ0) is 18.1. The number of rotatable bonds is 2. The van der Waals surface area contributed by atoms with Crippen LogP contribution in [0.2, 0.25) is 0 Å². The molecule has 0 bridgehead atoms. The molecule has 6 nitrogen and oxygen atoms in total. The Morgan fingerprint density at radius 1 is 0.962 bits per heavy atom. The number of hydrogen-bond donors (Lipinski definition) is 0. The molecule has 132 valence electrons. The summed E-state index contributed by atoms with van der Waals surface area (Å²) in [5, 5.41) is 4.92. The van der Waals surface area contributed by atoms with Crippen LogP contribution >= 0.6 is 0 Å². The standard InChI is InChI=1S/C20H19N3O3/c1-14(24)22-9-11-23(12-10-22)20(25)16-7-8-18-17(13-16)19(26-21-18)15-5-3-2-4-6-15/h2-8,13H,9-12H2,1H3. The van der Waals surface area contributed by atoms with Gasteiger partial charge in [0.1, 0.15) is 5.52 Å². The fourth-order valence-corrected chi connectivity index (χ4v) is 3.28. The first-order valence-electron chi connectivity index (χ1n) is 8.63. The number of fused-ring (bicyclic) bond motifs is 1. The van der Waals surface area contributed by atoms with Gasteiger partial charge in [-0.05, 0) is 18.2 Å². The Labute approximate surface area is 151 Å². The van der Waals surface area contributed by atoms with Crippen molar-refractivity contribution in [3.05, 3.63) is 54.1 Å². The van der Waals surface area contributed by atoms with E-state index >= 15 is 0 Å². The first-order valence-corrected chi connectivity index (χ1v) is 8.63. The summed E-state index contributed by atoms with van der Waals surface area (Å²) in [7, 11) is 0. The summed E-state index contributed by atoms with van der Waals surface area (Å²) < 4.78 is 5.50. The quantitative estimate of drug-likeness (QED) is 0.713. The lowest BCUT2D eigenvalue weighted by molar-refractivity contribution is -0.130. The SMILES string of the molecule is CC(=O)N1CCN(C(=O)c2ccc3noc(-c4ccccc4)c3c2)CC1. The van der Waals surface area contributed by atoms with Gasteiger partial charge in [0.15, 0.2) is 5.76 Å². The summed E-state index contributed by atoms with van der Waals surface area (Å²) in [6.07, 6.45) is 0. The van der Waals surface area contributed by atoms with Crippen molar-refractivity contribution in [1.29, 1.82) is 0 Å². The van der Waals surface area contributed by atoms with Crippen molar-refractivity contribution >= 4 is 22.7 Å². The third-order valence-electron chi connectivity index (χ3n) is 4.77. The average molecular weight is 349 g/mol. The topological polar surface area (TPSA) is 66.7 Å². The molecule has 1 aliphatic heterocycles. The predicted molar refractivity (Wildman–Crippen MR) is 97.6 cm³/mol. The lowest BCUT2D eigenvalue weighted by atomic mass is 10.1. The van der Waals surface area contributed by atoms with Crippen molar-refractivity contribution in [3.8, 4) is 11.3 Å². The van der Waals surface area contributed by atoms with E-state index in [0.29, 0.717) is 37.5 Å². The third-order valence-corrected chi connectivity index (χ3v) is 4.77. The molecule has 0 spiro atoms. The van der Waals surface area contributed by atoms with Gasteiger partial charge in [-0.25, -0.2) is 0 Å². The number of carbonyl (C=O) groups is 2. The van der Waals surface area contributed by atoms with Gasteiger partial charge < -0.3 is 14.3 Å². The Balaban J connectivity index is 1.61. The lowest BCUT2D eigenvalue weighted by Gasteiger charge is -2.34. The second kappa shape index (κ2) is 6.63. The smallest absolute Gasteiger partial charge is 0.254 e. The molecule has 0 radical (unpaired) electrons. The minimum Gasteiger partial charge on any atom is -0.355 e. The van der Waals surface area contributed by atoms with E-state index in [1.165, 1.54) is 0 Å². The summed E-state index contributed by atoms with van der Waals surface area (Å²) in [6, 6.07) is 15.2. The fraction of sp³-hybridized carbons (Fsp3) is 0.250. The molecule has 1 saturated heterocycles. The van der Waals surface area contributed by atoms with Gasteiger partial charge in [0.05, 0.1) is 5.39 Å². The van der Waals surface area contributed by atoms with E-state index in [1.807, 2.05) is 42.5 Å². The van der Waals surface area contributed by atoms with Crippen LogP contribution in [0, 0.1) is 0 Å². The normalized spacial score (nSPS) is 14.7. The Hall–Kier alpha value is -3.15. The zero-order valence-corrected chi connectivity index (χ0v) is 14.5. The number of benzene rings is 2. The van der Waals surface area contributed by atoms with Crippen molar-refractivity contribution in [2.24, 2.45) is 0 Å². The van der Waals surface area contributed by atoms with Crippen LogP contribution in [0.3, 0.4) is 0 Å². The van der Waals surface area contributed by atoms with E-state index in [-0.39, 0.29) is 11.8 Å². The second-order valence-corrected chi connectivity index (χ2v) is 6.41. The molecule has 4 rings (SSSR count).